The Morgan fingerprint density at radius 1 is 1.65 bits per heavy atom. The van der Waals surface area contributed by atoms with E-state index in [0.717, 1.165) is 16.1 Å². The number of anilines is 1. The number of hydrogen-bond donors (Lipinski definition) is 3. The van der Waals surface area contributed by atoms with Crippen LogP contribution in [0.3, 0.4) is 0 Å². The van der Waals surface area contributed by atoms with Gasteiger partial charge in [0.15, 0.2) is 0 Å². The summed E-state index contributed by atoms with van der Waals surface area (Å²) in [7, 11) is 1.56. The average molecular weight is 236 g/mol. The van der Waals surface area contributed by atoms with Crippen LogP contribution in [-0.2, 0) is 11.3 Å². The Kier molecular flexibility index (Phi) is 4.65. The number of urea groups is 1. The van der Waals surface area contributed by atoms with Crippen molar-refractivity contribution in [3.63, 3.8) is 0 Å². The zero-order chi connectivity index (χ0) is 12.8. The molecule has 17 heavy (non-hydrogen) atoms. The standard InChI is InChI=1S/C11H16N4O2/c1-3-8-5-4-6-10(9(8)7-17-2)15(13)11(16)14-12/h3-6H,1,7,12-13H2,2H3,(H,14,16). The number of amides is 2. The van der Waals surface area contributed by atoms with Crippen LogP contribution in [0.5, 0.6) is 0 Å². The molecule has 0 radical (unpaired) electrons. The molecule has 0 fully saturated rings. The van der Waals surface area contributed by atoms with E-state index < -0.39 is 6.03 Å². The van der Waals surface area contributed by atoms with Gasteiger partial charge in [0.2, 0.25) is 0 Å². The van der Waals surface area contributed by atoms with Gasteiger partial charge in [0.05, 0.1) is 12.3 Å². The molecule has 1 aromatic carbocycles. The Bertz CT molecular complexity index is 420. The van der Waals surface area contributed by atoms with Gasteiger partial charge in [0, 0.05) is 12.7 Å². The van der Waals surface area contributed by atoms with Crippen molar-refractivity contribution >= 4 is 17.8 Å². The molecule has 1 aromatic rings. The minimum Gasteiger partial charge on any atom is -0.380 e. The van der Waals surface area contributed by atoms with E-state index in [9.17, 15) is 4.79 Å². The van der Waals surface area contributed by atoms with Gasteiger partial charge in [-0.1, -0.05) is 24.8 Å². The Hall–Kier alpha value is -1.89. The molecule has 6 heteroatoms. The third-order valence-electron chi connectivity index (χ3n) is 2.30. The van der Waals surface area contributed by atoms with Crippen molar-refractivity contribution in [1.29, 1.82) is 0 Å². The second kappa shape index (κ2) is 6.00. The van der Waals surface area contributed by atoms with Gasteiger partial charge in [0.25, 0.3) is 0 Å². The zero-order valence-corrected chi connectivity index (χ0v) is 9.64. The average Bonchev–Trinajstić information content (AvgIpc) is 2.37. The molecule has 0 aliphatic carbocycles. The fraction of sp³-hybridized carbons (Fsp3) is 0.182. The van der Waals surface area contributed by atoms with Crippen LogP contribution in [0.25, 0.3) is 6.08 Å². The van der Waals surface area contributed by atoms with E-state index in [1.54, 1.807) is 25.3 Å². The van der Waals surface area contributed by atoms with Gasteiger partial charge >= 0.3 is 6.03 Å². The third-order valence-corrected chi connectivity index (χ3v) is 2.30. The number of ether oxygens (including phenoxy) is 1. The highest BCUT2D eigenvalue weighted by Gasteiger charge is 2.15. The van der Waals surface area contributed by atoms with Crippen LogP contribution < -0.4 is 22.1 Å². The normalized spacial score (nSPS) is 9.82. The molecule has 0 aromatic heterocycles. The smallest absolute Gasteiger partial charge is 0.350 e. The van der Waals surface area contributed by atoms with Crippen LogP contribution in [0.4, 0.5) is 10.5 Å². The summed E-state index contributed by atoms with van der Waals surface area (Å²) in [6, 6.07) is 4.73. The van der Waals surface area contributed by atoms with Gasteiger partial charge in [-0.2, -0.15) is 0 Å². The first-order chi connectivity index (χ1) is 8.15. The van der Waals surface area contributed by atoms with Gasteiger partial charge in [0.1, 0.15) is 0 Å². The molecule has 0 heterocycles. The highest BCUT2D eigenvalue weighted by atomic mass is 16.5. The van der Waals surface area contributed by atoms with Crippen molar-refractivity contribution in [3.05, 3.63) is 35.9 Å². The predicted octanol–water partition coefficient (Wildman–Crippen LogP) is 0.739. The molecule has 1 rings (SSSR count). The first kappa shape index (κ1) is 13.2. The molecular weight excluding hydrogens is 220 g/mol. The minimum absolute atomic E-state index is 0.322. The van der Waals surface area contributed by atoms with Crippen molar-refractivity contribution in [3.8, 4) is 0 Å². The third kappa shape index (κ3) is 2.82. The summed E-state index contributed by atoms with van der Waals surface area (Å²) >= 11 is 0. The SMILES string of the molecule is C=Cc1cccc(N(N)C(=O)NN)c1COC. The maximum atomic E-state index is 11.4. The number of nitrogens with two attached hydrogens (primary N) is 2. The first-order valence-electron chi connectivity index (χ1n) is 4.94. The Labute approximate surface area is 99.8 Å². The van der Waals surface area contributed by atoms with Gasteiger partial charge in [-0.25, -0.2) is 21.5 Å². The van der Waals surface area contributed by atoms with Crippen molar-refractivity contribution in [2.45, 2.75) is 6.61 Å². The van der Waals surface area contributed by atoms with Crippen molar-refractivity contribution in [2.75, 3.05) is 12.1 Å². The lowest BCUT2D eigenvalue weighted by molar-refractivity contribution is 0.185. The summed E-state index contributed by atoms with van der Waals surface area (Å²) in [5, 5.41) is 0.932. The Morgan fingerprint density at radius 3 is 2.88 bits per heavy atom. The van der Waals surface area contributed by atoms with E-state index in [1.165, 1.54) is 0 Å². The number of methoxy groups -OCH3 is 1. The van der Waals surface area contributed by atoms with Crippen molar-refractivity contribution in [1.82, 2.24) is 5.43 Å². The molecule has 0 unspecified atom stereocenters. The minimum atomic E-state index is -0.608. The molecule has 0 aliphatic rings. The Morgan fingerprint density at radius 2 is 2.35 bits per heavy atom. The predicted molar refractivity (Wildman–Crippen MR) is 66.6 cm³/mol. The molecule has 0 bridgehead atoms. The molecule has 2 amide bonds. The summed E-state index contributed by atoms with van der Waals surface area (Å²) in [6.07, 6.45) is 1.67. The second-order valence-electron chi connectivity index (χ2n) is 3.30. The van der Waals surface area contributed by atoms with E-state index in [4.69, 9.17) is 16.4 Å². The van der Waals surface area contributed by atoms with Gasteiger partial charge < -0.3 is 4.74 Å². The quantitative estimate of drug-likeness (QED) is 0.408. The number of rotatable bonds is 4. The molecule has 92 valence electrons. The maximum Gasteiger partial charge on any atom is 0.350 e. The maximum absolute atomic E-state index is 11.4. The highest BCUT2D eigenvalue weighted by molar-refractivity contribution is 5.91. The molecule has 5 N–H and O–H groups in total. The van der Waals surface area contributed by atoms with Gasteiger partial charge in [-0.3, -0.25) is 5.43 Å². The topological polar surface area (TPSA) is 93.6 Å². The molecule has 0 aliphatic heterocycles. The Balaban J connectivity index is 3.21. The molecular formula is C11H16N4O2. The lowest BCUT2D eigenvalue weighted by Gasteiger charge is -2.20. The summed E-state index contributed by atoms with van der Waals surface area (Å²) in [5.41, 5.74) is 4.11. The number of hydrazine groups is 2. The number of carbonyl (C=O) groups is 1. The molecule has 6 nitrogen and oxygen atoms in total. The fourth-order valence-corrected chi connectivity index (χ4v) is 1.49. The monoisotopic (exact) mass is 236 g/mol. The molecule has 0 saturated carbocycles. The van der Waals surface area contributed by atoms with Crippen LogP contribution in [0, 0.1) is 0 Å². The largest absolute Gasteiger partial charge is 0.380 e. The second-order valence-corrected chi connectivity index (χ2v) is 3.30. The van der Waals surface area contributed by atoms with Gasteiger partial charge in [-0.05, 0) is 11.6 Å². The lowest BCUT2D eigenvalue weighted by atomic mass is 10.1. The van der Waals surface area contributed by atoms with Crippen LogP contribution in [0.1, 0.15) is 11.1 Å². The van der Waals surface area contributed by atoms with Crippen molar-refractivity contribution < 1.29 is 9.53 Å². The van der Waals surface area contributed by atoms with Crippen LogP contribution >= 0.6 is 0 Å². The van der Waals surface area contributed by atoms with E-state index in [-0.39, 0.29) is 0 Å². The van der Waals surface area contributed by atoms with Crippen molar-refractivity contribution in [2.24, 2.45) is 11.7 Å². The lowest BCUT2D eigenvalue weighted by Crippen LogP contribution is -2.48. The zero-order valence-electron chi connectivity index (χ0n) is 9.64. The molecule has 0 saturated heterocycles. The number of nitrogens with zero attached hydrogens (tertiary/aromatic N) is 1. The summed E-state index contributed by atoms with van der Waals surface area (Å²) in [5.74, 6) is 10.7. The number of carbonyl (C=O) groups excluding carboxylic acids is 1. The highest BCUT2D eigenvalue weighted by Crippen LogP contribution is 2.24. The fourth-order valence-electron chi connectivity index (χ4n) is 1.49. The van der Waals surface area contributed by atoms with E-state index in [0.29, 0.717) is 12.3 Å². The van der Waals surface area contributed by atoms with Crippen LogP contribution in [-0.4, -0.2) is 13.1 Å². The van der Waals surface area contributed by atoms with Gasteiger partial charge in [-0.15, -0.1) is 0 Å². The number of benzene rings is 1. The first-order valence-corrected chi connectivity index (χ1v) is 4.94. The van der Waals surface area contributed by atoms with E-state index >= 15 is 0 Å². The molecule has 0 atom stereocenters. The molecule has 0 spiro atoms. The number of hydrogen-bond acceptors (Lipinski definition) is 4. The number of nitrogens with one attached hydrogen (secondary N) is 1. The summed E-state index contributed by atoms with van der Waals surface area (Å²) < 4.78 is 5.08. The summed E-state index contributed by atoms with van der Waals surface area (Å²) in [6.45, 7) is 4.02. The van der Waals surface area contributed by atoms with Crippen LogP contribution in [0.2, 0.25) is 0 Å². The van der Waals surface area contributed by atoms with Crippen LogP contribution in [0.15, 0.2) is 24.8 Å². The summed E-state index contributed by atoms with van der Waals surface area (Å²) in [4.78, 5) is 11.4. The van der Waals surface area contributed by atoms with E-state index in [1.807, 2.05) is 11.5 Å². The van der Waals surface area contributed by atoms with E-state index in [2.05, 4.69) is 6.58 Å².